The molecule has 1 aromatic rings. The van der Waals surface area contributed by atoms with Gasteiger partial charge in [0.15, 0.2) is 0 Å². The fourth-order valence-electron chi connectivity index (χ4n) is 3.65. The molecule has 2 heterocycles. The summed E-state index contributed by atoms with van der Waals surface area (Å²) in [5.74, 6) is 0.603. The van der Waals surface area contributed by atoms with E-state index in [9.17, 15) is 0 Å². The molecule has 2 aliphatic rings. The van der Waals surface area contributed by atoms with Gasteiger partial charge in [-0.05, 0) is 54.0 Å². The normalized spacial score (nSPS) is 29.3. The summed E-state index contributed by atoms with van der Waals surface area (Å²) in [4.78, 5) is 0. The maximum absolute atomic E-state index is 6.46. The minimum Gasteiger partial charge on any atom is -0.375 e. The average molecular weight is 265 g/mol. The molecule has 100 valence electrons. The predicted octanol–water partition coefficient (Wildman–Crippen LogP) is 3.88. The molecule has 2 fully saturated rings. The Bertz CT molecular complexity index is 364. The van der Waals surface area contributed by atoms with Crippen LogP contribution < -0.4 is 5.73 Å². The number of rotatable bonds is 2. The molecule has 1 aliphatic carbocycles. The molecule has 3 rings (SSSR count). The van der Waals surface area contributed by atoms with Crippen molar-refractivity contribution in [3.05, 3.63) is 22.4 Å². The summed E-state index contributed by atoms with van der Waals surface area (Å²) >= 11 is 1.75. The van der Waals surface area contributed by atoms with E-state index in [4.69, 9.17) is 10.5 Å². The molecule has 1 saturated heterocycles. The first-order valence-electron chi connectivity index (χ1n) is 7.21. The van der Waals surface area contributed by atoms with Gasteiger partial charge in [0.25, 0.3) is 0 Å². The largest absolute Gasteiger partial charge is 0.375 e. The van der Waals surface area contributed by atoms with Crippen LogP contribution in [0, 0.1) is 5.92 Å². The van der Waals surface area contributed by atoms with E-state index in [0.29, 0.717) is 5.92 Å². The van der Waals surface area contributed by atoms with Crippen LogP contribution in [0.4, 0.5) is 0 Å². The molecule has 2 nitrogen and oxygen atoms in total. The first-order valence-corrected chi connectivity index (χ1v) is 8.15. The van der Waals surface area contributed by atoms with Gasteiger partial charge in [-0.15, -0.1) is 0 Å². The van der Waals surface area contributed by atoms with Crippen molar-refractivity contribution in [3.8, 4) is 0 Å². The summed E-state index contributed by atoms with van der Waals surface area (Å²) in [6, 6.07) is 2.39. The van der Waals surface area contributed by atoms with Crippen molar-refractivity contribution in [1.29, 1.82) is 0 Å². The van der Waals surface area contributed by atoms with Crippen LogP contribution in [0.5, 0.6) is 0 Å². The topological polar surface area (TPSA) is 35.2 Å². The second-order valence-electron chi connectivity index (χ2n) is 5.93. The second kappa shape index (κ2) is 5.32. The van der Waals surface area contributed by atoms with E-state index in [1.54, 1.807) is 11.3 Å². The number of hydrogen-bond acceptors (Lipinski definition) is 3. The fraction of sp³-hybridized carbons (Fsp3) is 0.733. The van der Waals surface area contributed by atoms with Gasteiger partial charge in [0, 0.05) is 12.6 Å². The number of hydrogen-bond donors (Lipinski definition) is 1. The van der Waals surface area contributed by atoms with E-state index in [0.717, 1.165) is 13.0 Å². The van der Waals surface area contributed by atoms with Gasteiger partial charge in [-0.25, -0.2) is 0 Å². The lowest BCUT2D eigenvalue weighted by molar-refractivity contribution is -0.120. The van der Waals surface area contributed by atoms with Crippen molar-refractivity contribution < 1.29 is 4.74 Å². The molecule has 3 heteroatoms. The maximum atomic E-state index is 6.46. The minimum atomic E-state index is 0.175. The third kappa shape index (κ3) is 2.49. The summed E-state index contributed by atoms with van der Waals surface area (Å²) in [6.07, 6.45) is 8.84. The van der Waals surface area contributed by atoms with Crippen LogP contribution in [0.15, 0.2) is 16.8 Å². The van der Waals surface area contributed by atoms with Crippen molar-refractivity contribution in [3.63, 3.8) is 0 Å². The van der Waals surface area contributed by atoms with E-state index in [1.165, 1.54) is 44.1 Å². The van der Waals surface area contributed by atoms with Gasteiger partial charge in [0.1, 0.15) is 0 Å². The Balaban J connectivity index is 1.70. The third-order valence-electron chi connectivity index (χ3n) is 4.73. The number of thiophene rings is 1. The number of nitrogens with two attached hydrogens (primary N) is 1. The predicted molar refractivity (Wildman–Crippen MR) is 75.7 cm³/mol. The SMILES string of the molecule is NC(c1ccsc1)C1CCOC2(CCCCC2)C1. The number of ether oxygens (including phenoxy) is 1. The van der Waals surface area contributed by atoms with Crippen LogP contribution in [0.2, 0.25) is 0 Å². The highest BCUT2D eigenvalue weighted by molar-refractivity contribution is 7.07. The van der Waals surface area contributed by atoms with Crippen LogP contribution in [0.25, 0.3) is 0 Å². The summed E-state index contributed by atoms with van der Waals surface area (Å²) in [5.41, 5.74) is 7.95. The molecular weight excluding hydrogens is 242 g/mol. The lowest BCUT2D eigenvalue weighted by Gasteiger charge is -2.45. The highest BCUT2D eigenvalue weighted by Crippen LogP contribution is 2.43. The smallest absolute Gasteiger partial charge is 0.0685 e. The lowest BCUT2D eigenvalue weighted by Crippen LogP contribution is -2.43. The molecule has 1 spiro atoms. The fourth-order valence-corrected chi connectivity index (χ4v) is 4.36. The molecule has 2 N–H and O–H groups in total. The van der Waals surface area contributed by atoms with Crippen molar-refractivity contribution in [2.45, 2.75) is 56.6 Å². The first-order chi connectivity index (χ1) is 8.79. The molecule has 0 aromatic carbocycles. The Hall–Kier alpha value is -0.380. The molecule has 1 aliphatic heterocycles. The van der Waals surface area contributed by atoms with E-state index < -0.39 is 0 Å². The Morgan fingerprint density at radius 3 is 2.89 bits per heavy atom. The Morgan fingerprint density at radius 1 is 1.33 bits per heavy atom. The molecule has 18 heavy (non-hydrogen) atoms. The van der Waals surface area contributed by atoms with Crippen molar-refractivity contribution >= 4 is 11.3 Å². The van der Waals surface area contributed by atoms with E-state index in [1.807, 2.05) is 0 Å². The van der Waals surface area contributed by atoms with Crippen molar-refractivity contribution in [1.82, 2.24) is 0 Å². The van der Waals surface area contributed by atoms with Crippen LogP contribution >= 0.6 is 11.3 Å². The highest BCUT2D eigenvalue weighted by atomic mass is 32.1. The Kier molecular flexibility index (Phi) is 3.73. The quantitative estimate of drug-likeness (QED) is 0.881. The monoisotopic (exact) mass is 265 g/mol. The highest BCUT2D eigenvalue weighted by Gasteiger charge is 2.40. The van der Waals surface area contributed by atoms with Crippen molar-refractivity contribution in [2.75, 3.05) is 6.61 Å². The van der Waals surface area contributed by atoms with Gasteiger partial charge >= 0.3 is 0 Å². The minimum absolute atomic E-state index is 0.175. The molecule has 2 atom stereocenters. The zero-order chi connectivity index (χ0) is 12.4. The molecule has 1 aromatic heterocycles. The Labute approximate surface area is 114 Å². The van der Waals surface area contributed by atoms with E-state index in [2.05, 4.69) is 16.8 Å². The van der Waals surface area contributed by atoms with Crippen LogP contribution in [0.3, 0.4) is 0 Å². The van der Waals surface area contributed by atoms with Gasteiger partial charge in [-0.1, -0.05) is 19.3 Å². The zero-order valence-corrected chi connectivity index (χ0v) is 11.8. The maximum Gasteiger partial charge on any atom is 0.0685 e. The zero-order valence-electron chi connectivity index (χ0n) is 10.9. The molecular formula is C15H23NOS. The molecule has 1 saturated carbocycles. The average Bonchev–Trinajstić information content (AvgIpc) is 2.93. The summed E-state index contributed by atoms with van der Waals surface area (Å²) in [6.45, 7) is 0.905. The van der Waals surface area contributed by atoms with E-state index >= 15 is 0 Å². The standard InChI is InChI=1S/C15H23NOS/c16-14(13-5-9-18-11-13)12-4-8-17-15(10-12)6-2-1-3-7-15/h5,9,11-12,14H,1-4,6-8,10,16H2. The van der Waals surface area contributed by atoms with Gasteiger partial charge in [-0.2, -0.15) is 11.3 Å². The van der Waals surface area contributed by atoms with Gasteiger partial charge in [0.2, 0.25) is 0 Å². The van der Waals surface area contributed by atoms with Crippen molar-refractivity contribution in [2.24, 2.45) is 11.7 Å². The van der Waals surface area contributed by atoms with Crippen LogP contribution in [-0.4, -0.2) is 12.2 Å². The van der Waals surface area contributed by atoms with Gasteiger partial charge in [0.05, 0.1) is 5.60 Å². The third-order valence-corrected chi connectivity index (χ3v) is 5.43. The summed E-state index contributed by atoms with van der Waals surface area (Å²) in [5, 5.41) is 4.33. The summed E-state index contributed by atoms with van der Waals surface area (Å²) < 4.78 is 6.15. The van der Waals surface area contributed by atoms with Crippen LogP contribution in [-0.2, 0) is 4.74 Å². The first kappa shape index (κ1) is 12.6. The molecule has 2 unspecified atom stereocenters. The van der Waals surface area contributed by atoms with Crippen LogP contribution in [0.1, 0.15) is 56.6 Å². The van der Waals surface area contributed by atoms with E-state index in [-0.39, 0.29) is 11.6 Å². The summed E-state index contributed by atoms with van der Waals surface area (Å²) in [7, 11) is 0. The van der Waals surface area contributed by atoms with Gasteiger partial charge < -0.3 is 10.5 Å². The lowest BCUT2D eigenvalue weighted by atomic mass is 9.73. The second-order valence-corrected chi connectivity index (χ2v) is 6.71. The molecule has 0 bridgehead atoms. The van der Waals surface area contributed by atoms with Gasteiger partial charge in [-0.3, -0.25) is 0 Å². The molecule has 0 radical (unpaired) electrons. The Morgan fingerprint density at radius 2 is 2.17 bits per heavy atom. The molecule has 0 amide bonds.